The highest BCUT2D eigenvalue weighted by Crippen LogP contribution is 2.24. The third-order valence-electron chi connectivity index (χ3n) is 3.37. The predicted molar refractivity (Wildman–Crippen MR) is 96.9 cm³/mol. The molecule has 0 bridgehead atoms. The van der Waals surface area contributed by atoms with Crippen LogP contribution < -0.4 is 5.43 Å². The number of carboxylic acid groups (broad SMARTS) is 1. The highest BCUT2D eigenvalue weighted by molar-refractivity contribution is 7.13. The van der Waals surface area contributed by atoms with Gasteiger partial charge in [0, 0.05) is 5.38 Å². The van der Waals surface area contributed by atoms with E-state index in [4.69, 9.17) is 0 Å². The van der Waals surface area contributed by atoms with Crippen LogP contribution in [-0.4, -0.2) is 22.3 Å². The molecule has 0 aliphatic rings. The van der Waals surface area contributed by atoms with Crippen molar-refractivity contribution in [3.8, 4) is 11.1 Å². The van der Waals surface area contributed by atoms with E-state index >= 15 is 0 Å². The molecule has 0 amide bonds. The van der Waals surface area contributed by atoms with Crippen LogP contribution in [0.1, 0.15) is 21.6 Å². The van der Waals surface area contributed by atoms with E-state index in [1.165, 1.54) is 11.3 Å². The van der Waals surface area contributed by atoms with Gasteiger partial charge in [-0.05, 0) is 29.7 Å². The minimum atomic E-state index is -0.931. The molecule has 0 fully saturated rings. The molecule has 0 atom stereocenters. The van der Waals surface area contributed by atoms with Crippen LogP contribution in [0.15, 0.2) is 59.0 Å². The Morgan fingerprint density at radius 2 is 1.96 bits per heavy atom. The summed E-state index contributed by atoms with van der Waals surface area (Å²) >= 11 is 1.50. The molecular weight excluding hydrogens is 322 g/mol. The molecule has 2 N–H and O–H groups in total. The lowest BCUT2D eigenvalue weighted by molar-refractivity contribution is 0.0697. The Bertz CT molecular complexity index is 885. The number of thiazole rings is 1. The summed E-state index contributed by atoms with van der Waals surface area (Å²) < 4.78 is 0. The van der Waals surface area contributed by atoms with E-state index in [0.717, 1.165) is 22.0 Å². The van der Waals surface area contributed by atoms with Crippen LogP contribution in [-0.2, 0) is 0 Å². The first-order valence-electron chi connectivity index (χ1n) is 7.27. The van der Waals surface area contributed by atoms with Crippen LogP contribution in [0.4, 0.5) is 5.13 Å². The monoisotopic (exact) mass is 337 g/mol. The van der Waals surface area contributed by atoms with E-state index in [2.05, 4.69) is 15.5 Å². The van der Waals surface area contributed by atoms with Gasteiger partial charge in [-0.2, -0.15) is 5.10 Å². The molecule has 2 aromatic carbocycles. The number of aromatic carboxylic acids is 1. The zero-order valence-corrected chi connectivity index (χ0v) is 13.7. The zero-order chi connectivity index (χ0) is 16.9. The number of hydrogen-bond donors (Lipinski definition) is 2. The van der Waals surface area contributed by atoms with Gasteiger partial charge in [0.2, 0.25) is 5.13 Å². The molecule has 6 heteroatoms. The van der Waals surface area contributed by atoms with E-state index in [1.807, 2.05) is 42.6 Å². The van der Waals surface area contributed by atoms with E-state index in [1.54, 1.807) is 24.4 Å². The van der Waals surface area contributed by atoms with Gasteiger partial charge in [-0.3, -0.25) is 5.43 Å². The average Bonchev–Trinajstić information content (AvgIpc) is 3.01. The lowest BCUT2D eigenvalue weighted by atomic mass is 9.99. The third kappa shape index (κ3) is 3.67. The predicted octanol–water partition coefficient (Wildman–Crippen LogP) is 4.26. The topological polar surface area (TPSA) is 74.6 Å². The molecule has 5 nitrogen and oxygen atoms in total. The van der Waals surface area contributed by atoms with Gasteiger partial charge in [0.15, 0.2) is 0 Å². The Kier molecular flexibility index (Phi) is 4.67. The Morgan fingerprint density at radius 3 is 2.62 bits per heavy atom. The van der Waals surface area contributed by atoms with E-state index in [-0.39, 0.29) is 0 Å². The Hall–Kier alpha value is -2.99. The second-order valence-electron chi connectivity index (χ2n) is 5.14. The van der Waals surface area contributed by atoms with Gasteiger partial charge in [-0.1, -0.05) is 42.5 Å². The molecule has 0 radical (unpaired) electrons. The number of nitrogens with one attached hydrogen (secondary N) is 1. The molecule has 0 aliphatic carbocycles. The normalized spacial score (nSPS) is 10.9. The maximum absolute atomic E-state index is 11.3. The van der Waals surface area contributed by atoms with Crippen molar-refractivity contribution < 1.29 is 9.90 Å². The van der Waals surface area contributed by atoms with Crippen LogP contribution in [0, 0.1) is 6.92 Å². The second-order valence-corrected chi connectivity index (χ2v) is 5.99. The first-order chi connectivity index (χ1) is 11.6. The molecule has 24 heavy (non-hydrogen) atoms. The number of anilines is 1. The number of aromatic nitrogens is 1. The highest BCUT2D eigenvalue weighted by Gasteiger charge is 2.10. The zero-order valence-electron chi connectivity index (χ0n) is 12.9. The number of hydrazone groups is 1. The third-order valence-corrected chi connectivity index (χ3v) is 4.24. The molecule has 120 valence electrons. The molecular formula is C18H15N3O2S. The first kappa shape index (κ1) is 15.9. The van der Waals surface area contributed by atoms with Crippen LogP contribution in [0.5, 0.6) is 0 Å². The Morgan fingerprint density at radius 1 is 1.21 bits per heavy atom. The molecule has 0 aliphatic heterocycles. The molecule has 3 rings (SSSR count). The summed E-state index contributed by atoms with van der Waals surface area (Å²) in [5.74, 6) is -0.931. The SMILES string of the molecule is Cc1csc(NN=Cc2ccc(-c3ccccc3C(=O)O)cc2)n1. The summed E-state index contributed by atoms with van der Waals surface area (Å²) in [5.41, 5.74) is 6.60. The molecule has 0 spiro atoms. The van der Waals surface area contributed by atoms with Gasteiger partial charge in [0.1, 0.15) is 0 Å². The maximum atomic E-state index is 11.3. The average molecular weight is 337 g/mol. The summed E-state index contributed by atoms with van der Waals surface area (Å²) in [6.45, 7) is 1.93. The highest BCUT2D eigenvalue weighted by atomic mass is 32.1. The van der Waals surface area contributed by atoms with Crippen molar-refractivity contribution in [2.75, 3.05) is 5.43 Å². The number of carboxylic acids is 1. The quantitative estimate of drug-likeness (QED) is 0.539. The van der Waals surface area contributed by atoms with Crippen molar-refractivity contribution >= 4 is 28.7 Å². The van der Waals surface area contributed by atoms with Gasteiger partial charge in [-0.15, -0.1) is 11.3 Å². The van der Waals surface area contributed by atoms with Crippen LogP contribution in [0.25, 0.3) is 11.1 Å². The summed E-state index contributed by atoms with van der Waals surface area (Å²) in [6.07, 6.45) is 1.70. The van der Waals surface area contributed by atoms with Gasteiger partial charge in [-0.25, -0.2) is 9.78 Å². The summed E-state index contributed by atoms with van der Waals surface area (Å²) in [5, 5.41) is 16.1. The Balaban J connectivity index is 1.75. The maximum Gasteiger partial charge on any atom is 0.336 e. The number of rotatable bonds is 5. The van der Waals surface area contributed by atoms with Crippen LogP contribution in [0.3, 0.4) is 0 Å². The fourth-order valence-electron chi connectivity index (χ4n) is 2.24. The number of benzene rings is 2. The fourth-order valence-corrected chi connectivity index (χ4v) is 2.87. The van der Waals surface area contributed by atoms with Crippen LogP contribution in [0.2, 0.25) is 0 Å². The van der Waals surface area contributed by atoms with Gasteiger partial charge >= 0.3 is 5.97 Å². The van der Waals surface area contributed by atoms with Gasteiger partial charge < -0.3 is 5.11 Å². The second kappa shape index (κ2) is 7.06. The molecule has 1 heterocycles. The summed E-state index contributed by atoms with van der Waals surface area (Å²) in [6, 6.07) is 14.5. The van der Waals surface area contributed by atoms with E-state index in [0.29, 0.717) is 11.1 Å². The summed E-state index contributed by atoms with van der Waals surface area (Å²) in [7, 11) is 0. The molecule has 0 unspecified atom stereocenters. The smallest absolute Gasteiger partial charge is 0.336 e. The minimum absolute atomic E-state index is 0.291. The van der Waals surface area contributed by atoms with Crippen molar-refractivity contribution in [2.24, 2.45) is 5.10 Å². The Labute approximate surface area is 143 Å². The number of carbonyl (C=O) groups is 1. The number of aryl methyl sites for hydroxylation is 1. The summed E-state index contributed by atoms with van der Waals surface area (Å²) in [4.78, 5) is 15.6. The van der Waals surface area contributed by atoms with Gasteiger partial charge in [0.25, 0.3) is 0 Å². The van der Waals surface area contributed by atoms with E-state index < -0.39 is 5.97 Å². The van der Waals surface area contributed by atoms with Crippen molar-refractivity contribution in [1.82, 2.24) is 4.98 Å². The standard InChI is InChI=1S/C18H15N3O2S/c1-12-11-24-18(20-12)21-19-10-13-6-8-14(9-7-13)15-4-2-3-5-16(15)17(22)23/h2-11H,1H3,(H,20,21)(H,22,23). The molecule has 0 saturated heterocycles. The number of nitrogens with zero attached hydrogens (tertiary/aromatic N) is 2. The lowest BCUT2D eigenvalue weighted by Gasteiger charge is -2.06. The van der Waals surface area contributed by atoms with Crippen molar-refractivity contribution in [2.45, 2.75) is 6.92 Å². The first-order valence-corrected chi connectivity index (χ1v) is 8.15. The van der Waals surface area contributed by atoms with Gasteiger partial charge in [0.05, 0.1) is 17.5 Å². The van der Waals surface area contributed by atoms with Crippen molar-refractivity contribution in [3.05, 3.63) is 70.7 Å². The van der Waals surface area contributed by atoms with Crippen molar-refractivity contribution in [3.63, 3.8) is 0 Å². The van der Waals surface area contributed by atoms with Crippen LogP contribution >= 0.6 is 11.3 Å². The van der Waals surface area contributed by atoms with E-state index in [9.17, 15) is 9.90 Å². The van der Waals surface area contributed by atoms with Crippen molar-refractivity contribution in [1.29, 1.82) is 0 Å². The fraction of sp³-hybridized carbons (Fsp3) is 0.0556. The lowest BCUT2D eigenvalue weighted by Crippen LogP contribution is -1.99. The molecule has 0 saturated carbocycles. The molecule has 3 aromatic rings. The molecule has 1 aromatic heterocycles. The largest absolute Gasteiger partial charge is 0.478 e. The minimum Gasteiger partial charge on any atom is -0.478 e. The number of hydrogen-bond acceptors (Lipinski definition) is 5.